The lowest BCUT2D eigenvalue weighted by Gasteiger charge is -2.24. The fourth-order valence-corrected chi connectivity index (χ4v) is 2.80. The summed E-state index contributed by atoms with van der Waals surface area (Å²) in [5, 5.41) is 0. The van der Waals surface area contributed by atoms with E-state index in [9.17, 15) is 13.2 Å². The van der Waals surface area contributed by atoms with Crippen LogP contribution in [0, 0.1) is 5.92 Å². The summed E-state index contributed by atoms with van der Waals surface area (Å²) in [5.74, 6) is -1.25. The van der Waals surface area contributed by atoms with E-state index in [0.717, 1.165) is 10.2 Å². The highest BCUT2D eigenvalue weighted by molar-refractivity contribution is 9.10. The van der Waals surface area contributed by atoms with Gasteiger partial charge in [-0.05, 0) is 40.9 Å². The maximum Gasteiger partial charge on any atom is 0.392 e. The van der Waals surface area contributed by atoms with E-state index in [4.69, 9.17) is 0 Å². The van der Waals surface area contributed by atoms with Crippen molar-refractivity contribution in [2.24, 2.45) is 5.92 Å². The Morgan fingerprint density at radius 2 is 2.11 bits per heavy atom. The van der Waals surface area contributed by atoms with Crippen molar-refractivity contribution in [2.45, 2.75) is 25.4 Å². The number of aromatic nitrogens is 2. The van der Waals surface area contributed by atoms with Gasteiger partial charge in [0, 0.05) is 22.8 Å². The molecule has 1 aliphatic rings. The minimum Gasteiger partial charge on any atom is -0.303 e. The second-order valence-corrected chi connectivity index (χ2v) is 5.48. The fourth-order valence-electron chi connectivity index (χ4n) is 2.46. The first kappa shape index (κ1) is 12.0. The average Bonchev–Trinajstić information content (AvgIpc) is 2.65. The molecule has 0 aromatic carbocycles. The van der Waals surface area contributed by atoms with Crippen LogP contribution in [0.5, 0.6) is 0 Å². The van der Waals surface area contributed by atoms with Crippen molar-refractivity contribution in [1.82, 2.24) is 9.38 Å². The summed E-state index contributed by atoms with van der Waals surface area (Å²) in [5.41, 5.74) is 2.21. The lowest BCUT2D eigenvalue weighted by Crippen LogP contribution is -2.29. The third kappa shape index (κ3) is 1.92. The molecule has 0 fully saturated rings. The topological polar surface area (TPSA) is 17.3 Å². The number of hydrogen-bond donors (Lipinski definition) is 0. The number of imidazole rings is 1. The van der Waals surface area contributed by atoms with Gasteiger partial charge in [0.25, 0.3) is 0 Å². The van der Waals surface area contributed by atoms with Crippen LogP contribution >= 0.6 is 15.9 Å². The summed E-state index contributed by atoms with van der Waals surface area (Å²) in [6, 6.07) is 3.65. The van der Waals surface area contributed by atoms with Crippen molar-refractivity contribution in [3.63, 3.8) is 0 Å². The quantitative estimate of drug-likeness (QED) is 0.723. The lowest BCUT2D eigenvalue weighted by molar-refractivity contribution is -0.177. The van der Waals surface area contributed by atoms with E-state index in [0.29, 0.717) is 17.8 Å². The van der Waals surface area contributed by atoms with Crippen molar-refractivity contribution < 1.29 is 13.2 Å². The van der Waals surface area contributed by atoms with Crippen molar-refractivity contribution in [1.29, 1.82) is 0 Å². The second-order valence-electron chi connectivity index (χ2n) is 4.56. The van der Waals surface area contributed by atoms with Gasteiger partial charge in [-0.2, -0.15) is 13.2 Å². The largest absolute Gasteiger partial charge is 0.392 e. The minimum absolute atomic E-state index is 0.0243. The molecule has 0 radical (unpaired) electrons. The van der Waals surface area contributed by atoms with Crippen molar-refractivity contribution in [3.8, 4) is 0 Å². The van der Waals surface area contributed by atoms with Gasteiger partial charge < -0.3 is 4.40 Å². The Morgan fingerprint density at radius 3 is 2.83 bits per heavy atom. The van der Waals surface area contributed by atoms with E-state index in [1.54, 1.807) is 10.6 Å². The number of pyridine rings is 1. The first-order valence-corrected chi connectivity index (χ1v) is 6.46. The molecule has 0 spiro atoms. The number of aryl methyl sites for hydroxylation is 1. The van der Waals surface area contributed by atoms with Crippen LogP contribution in [0.4, 0.5) is 13.2 Å². The number of fused-ring (bicyclic) bond motifs is 3. The van der Waals surface area contributed by atoms with Gasteiger partial charge in [0.05, 0.1) is 11.6 Å². The Morgan fingerprint density at radius 1 is 1.33 bits per heavy atom. The highest BCUT2D eigenvalue weighted by Gasteiger charge is 2.42. The number of rotatable bonds is 0. The zero-order valence-corrected chi connectivity index (χ0v) is 10.9. The summed E-state index contributed by atoms with van der Waals surface area (Å²) in [6.07, 6.45) is -1.77. The first-order chi connectivity index (χ1) is 8.45. The standard InChI is InChI=1S/C12H10BrF3N2/c13-8-2-4-11-17-9-3-1-7(12(14,15)16)5-10(9)18(11)6-8/h2,4,6-7H,1,3,5H2. The molecule has 1 aliphatic carbocycles. The van der Waals surface area contributed by atoms with Crippen LogP contribution in [0.1, 0.15) is 17.8 Å². The van der Waals surface area contributed by atoms with Gasteiger partial charge in [0.2, 0.25) is 0 Å². The molecule has 0 aliphatic heterocycles. The summed E-state index contributed by atoms with van der Waals surface area (Å²) in [6.45, 7) is 0. The molecule has 2 aromatic rings. The molecule has 0 amide bonds. The summed E-state index contributed by atoms with van der Waals surface area (Å²) >= 11 is 3.33. The minimum atomic E-state index is -4.12. The predicted molar refractivity (Wildman–Crippen MR) is 64.5 cm³/mol. The molecule has 2 nitrogen and oxygen atoms in total. The molecule has 0 N–H and O–H groups in total. The molecule has 1 unspecified atom stereocenters. The van der Waals surface area contributed by atoms with Gasteiger partial charge in [-0.1, -0.05) is 0 Å². The maximum atomic E-state index is 12.8. The lowest BCUT2D eigenvalue weighted by atomic mass is 9.89. The fraction of sp³-hybridized carbons (Fsp3) is 0.417. The van der Waals surface area contributed by atoms with Gasteiger partial charge in [-0.15, -0.1) is 0 Å². The maximum absolute atomic E-state index is 12.8. The number of hydrogen-bond acceptors (Lipinski definition) is 1. The monoisotopic (exact) mass is 318 g/mol. The highest BCUT2D eigenvalue weighted by atomic mass is 79.9. The Balaban J connectivity index is 2.08. The van der Waals surface area contributed by atoms with Crippen molar-refractivity contribution in [3.05, 3.63) is 34.2 Å². The smallest absolute Gasteiger partial charge is 0.303 e. The summed E-state index contributed by atoms with van der Waals surface area (Å²) < 4.78 is 40.9. The second kappa shape index (κ2) is 3.98. The van der Waals surface area contributed by atoms with Crippen LogP contribution in [-0.4, -0.2) is 15.6 Å². The van der Waals surface area contributed by atoms with Crippen LogP contribution in [-0.2, 0) is 12.8 Å². The van der Waals surface area contributed by atoms with E-state index in [-0.39, 0.29) is 12.8 Å². The number of nitrogens with zero attached hydrogens (tertiary/aromatic N) is 2. The van der Waals surface area contributed by atoms with E-state index >= 15 is 0 Å². The van der Waals surface area contributed by atoms with E-state index in [2.05, 4.69) is 20.9 Å². The molecule has 0 bridgehead atoms. The third-order valence-corrected chi connectivity index (χ3v) is 3.87. The van der Waals surface area contributed by atoms with Gasteiger partial charge >= 0.3 is 6.18 Å². The molecular weight excluding hydrogens is 309 g/mol. The number of halogens is 4. The van der Waals surface area contributed by atoms with Gasteiger partial charge in [0.15, 0.2) is 0 Å². The van der Waals surface area contributed by atoms with Crippen LogP contribution in [0.25, 0.3) is 5.65 Å². The van der Waals surface area contributed by atoms with Gasteiger partial charge in [-0.25, -0.2) is 4.98 Å². The molecule has 0 saturated heterocycles. The number of alkyl halides is 3. The molecule has 96 valence electrons. The van der Waals surface area contributed by atoms with Crippen molar-refractivity contribution in [2.75, 3.05) is 0 Å². The molecule has 2 aromatic heterocycles. The average molecular weight is 319 g/mol. The van der Waals surface area contributed by atoms with E-state index in [1.807, 2.05) is 12.1 Å². The van der Waals surface area contributed by atoms with Crippen LogP contribution in [0.3, 0.4) is 0 Å². The molecule has 0 saturated carbocycles. The van der Waals surface area contributed by atoms with Gasteiger partial charge in [-0.3, -0.25) is 0 Å². The molecular formula is C12H10BrF3N2. The molecule has 6 heteroatoms. The first-order valence-electron chi connectivity index (χ1n) is 5.67. The Bertz CT molecular complexity index is 603. The van der Waals surface area contributed by atoms with E-state index < -0.39 is 12.1 Å². The zero-order chi connectivity index (χ0) is 12.9. The zero-order valence-electron chi connectivity index (χ0n) is 9.34. The third-order valence-electron chi connectivity index (χ3n) is 3.40. The molecule has 2 heterocycles. The summed E-state index contributed by atoms with van der Waals surface area (Å²) in [4.78, 5) is 4.39. The van der Waals surface area contributed by atoms with Crippen LogP contribution in [0.2, 0.25) is 0 Å². The summed E-state index contributed by atoms with van der Waals surface area (Å²) in [7, 11) is 0. The highest BCUT2D eigenvalue weighted by Crippen LogP contribution is 2.37. The van der Waals surface area contributed by atoms with Crippen molar-refractivity contribution >= 4 is 21.6 Å². The predicted octanol–water partition coefficient (Wildman–Crippen LogP) is 3.76. The Labute approximate surface area is 110 Å². The van der Waals surface area contributed by atoms with Crippen LogP contribution < -0.4 is 0 Å². The normalized spacial score (nSPS) is 20.1. The SMILES string of the molecule is FC(F)(F)C1CCc2nc3ccc(Br)cn3c2C1. The molecule has 3 rings (SSSR count). The Kier molecular flexibility index (Phi) is 2.66. The van der Waals surface area contributed by atoms with Crippen LogP contribution in [0.15, 0.2) is 22.8 Å². The van der Waals surface area contributed by atoms with E-state index in [1.165, 1.54) is 0 Å². The Hall–Kier alpha value is -1.04. The molecule has 1 atom stereocenters. The van der Waals surface area contributed by atoms with Gasteiger partial charge in [0.1, 0.15) is 5.65 Å². The molecule has 18 heavy (non-hydrogen) atoms.